The van der Waals surface area contributed by atoms with Gasteiger partial charge in [-0.3, -0.25) is 0 Å². The molecule has 178 valence electrons. The number of carbonyl (C=O) groups excluding carboxylic acids is 1. The number of nitrogens with one attached hydrogen (secondary N) is 1. The van der Waals surface area contributed by atoms with Gasteiger partial charge in [0.1, 0.15) is 11.5 Å². The van der Waals surface area contributed by atoms with Crippen molar-refractivity contribution in [1.82, 2.24) is 4.57 Å². The molecule has 0 atom stereocenters. The Balaban J connectivity index is 1.50. The first-order valence-electron chi connectivity index (χ1n) is 10.8. The van der Waals surface area contributed by atoms with Crippen LogP contribution in [0.5, 0.6) is 11.5 Å². The summed E-state index contributed by atoms with van der Waals surface area (Å²) < 4.78 is 40.5. The molecule has 0 amide bonds. The molecule has 2 aromatic carbocycles. The Hall–Kier alpha value is -3.20. The molecule has 3 aromatic rings. The number of benzene rings is 2. The number of esters is 1. The average molecular weight is 475 g/mol. The number of rotatable bonds is 11. The van der Waals surface area contributed by atoms with Crippen LogP contribution in [0, 0.1) is 0 Å². The Morgan fingerprint density at radius 1 is 1.06 bits per heavy atom. The van der Waals surface area contributed by atoms with E-state index in [9.17, 15) is 13.2 Å². The van der Waals surface area contributed by atoms with Crippen LogP contribution in [0.15, 0.2) is 54.7 Å². The van der Waals surface area contributed by atoms with Crippen LogP contribution in [0.25, 0.3) is 10.9 Å². The minimum Gasteiger partial charge on any atom is -0.476 e. The molecular weight excluding hydrogens is 444 g/mol. The van der Waals surface area contributed by atoms with E-state index in [-0.39, 0.29) is 0 Å². The second-order valence-electron chi connectivity index (χ2n) is 8.15. The van der Waals surface area contributed by atoms with E-state index in [1.165, 1.54) is 0 Å². The molecule has 33 heavy (non-hydrogen) atoms. The highest BCUT2D eigenvalue weighted by Gasteiger charge is 2.31. The highest BCUT2D eigenvalue weighted by molar-refractivity contribution is 7.86. The number of hydrogen-bond donors (Lipinski definition) is 1. The van der Waals surface area contributed by atoms with Gasteiger partial charge in [-0.25, -0.2) is 4.79 Å². The van der Waals surface area contributed by atoms with Crippen LogP contribution in [0.1, 0.15) is 27.2 Å². The lowest BCUT2D eigenvalue weighted by Gasteiger charge is -2.24. The van der Waals surface area contributed by atoms with Gasteiger partial charge in [-0.05, 0) is 75.7 Å². The van der Waals surface area contributed by atoms with Gasteiger partial charge in [0.2, 0.25) is 0 Å². The Labute approximate surface area is 194 Å². The van der Waals surface area contributed by atoms with E-state index in [0.717, 1.165) is 42.4 Å². The number of carbonyl (C=O) groups is 1. The predicted octanol–water partition coefficient (Wildman–Crippen LogP) is 4.20. The Kier molecular flexibility index (Phi) is 7.53. The quantitative estimate of drug-likeness (QED) is 0.253. The summed E-state index contributed by atoms with van der Waals surface area (Å²) in [6, 6.07) is 14.6. The van der Waals surface area contributed by atoms with Crippen molar-refractivity contribution >= 4 is 32.7 Å². The molecule has 1 N–H and O–H groups in total. The molecule has 9 heteroatoms. The summed E-state index contributed by atoms with van der Waals surface area (Å²) in [5.74, 6) is 0.503. The summed E-state index contributed by atoms with van der Waals surface area (Å²) in [7, 11) is -3.54. The summed E-state index contributed by atoms with van der Waals surface area (Å²) in [6.45, 7) is 7.01. The lowest BCUT2D eigenvalue weighted by Crippen LogP contribution is -2.39. The summed E-state index contributed by atoms with van der Waals surface area (Å²) in [5.41, 5.74) is 0.917. The van der Waals surface area contributed by atoms with Crippen molar-refractivity contribution < 1.29 is 26.9 Å². The molecule has 0 radical (unpaired) electrons. The van der Waals surface area contributed by atoms with Crippen LogP contribution >= 0.6 is 0 Å². The van der Waals surface area contributed by atoms with E-state index >= 15 is 0 Å². The molecule has 0 aliphatic heterocycles. The lowest BCUT2D eigenvalue weighted by molar-refractivity contribution is -0.158. The van der Waals surface area contributed by atoms with Gasteiger partial charge >= 0.3 is 16.1 Å². The molecule has 0 aliphatic carbocycles. The fourth-order valence-electron chi connectivity index (χ4n) is 3.36. The summed E-state index contributed by atoms with van der Waals surface area (Å²) in [5, 5.41) is 4.30. The third-order valence-corrected chi connectivity index (χ3v) is 5.38. The van der Waals surface area contributed by atoms with Gasteiger partial charge in [0.15, 0.2) is 5.60 Å². The Morgan fingerprint density at radius 2 is 1.76 bits per heavy atom. The molecule has 0 unspecified atom stereocenters. The van der Waals surface area contributed by atoms with Crippen molar-refractivity contribution in [2.75, 3.05) is 24.7 Å². The van der Waals surface area contributed by atoms with Gasteiger partial charge < -0.3 is 23.5 Å². The third kappa shape index (κ3) is 6.89. The Bertz CT molecular complexity index is 1200. The first-order chi connectivity index (χ1) is 15.6. The molecular formula is C24H30N2O6S. The number of ether oxygens (including phenoxy) is 2. The third-order valence-electron chi connectivity index (χ3n) is 4.89. The number of hydrogen-bond acceptors (Lipinski definition) is 7. The van der Waals surface area contributed by atoms with Crippen LogP contribution in [0.2, 0.25) is 0 Å². The highest BCUT2D eigenvalue weighted by Crippen LogP contribution is 2.24. The highest BCUT2D eigenvalue weighted by atomic mass is 32.2. The first-order valence-corrected chi connectivity index (χ1v) is 12.6. The van der Waals surface area contributed by atoms with E-state index in [1.54, 1.807) is 32.9 Å². The minimum atomic E-state index is -3.54. The summed E-state index contributed by atoms with van der Waals surface area (Å²) >= 11 is 0. The van der Waals surface area contributed by atoms with E-state index in [4.69, 9.17) is 13.7 Å². The van der Waals surface area contributed by atoms with Gasteiger partial charge in [0, 0.05) is 35.9 Å². The second-order valence-corrected chi connectivity index (χ2v) is 9.73. The molecule has 0 bridgehead atoms. The molecule has 3 rings (SSSR count). The van der Waals surface area contributed by atoms with E-state index < -0.39 is 21.7 Å². The van der Waals surface area contributed by atoms with Crippen molar-refractivity contribution in [2.24, 2.45) is 0 Å². The average Bonchev–Trinajstić information content (AvgIpc) is 3.13. The zero-order valence-corrected chi connectivity index (χ0v) is 20.1. The molecule has 0 saturated heterocycles. The molecule has 8 nitrogen and oxygen atoms in total. The first kappa shape index (κ1) is 24.4. The Morgan fingerprint density at radius 3 is 2.42 bits per heavy atom. The monoisotopic (exact) mass is 474 g/mol. The van der Waals surface area contributed by atoms with Gasteiger partial charge in [0.25, 0.3) is 0 Å². The topological polar surface area (TPSA) is 95.9 Å². The molecule has 0 spiro atoms. The maximum Gasteiger partial charge on any atom is 0.349 e. The zero-order chi connectivity index (χ0) is 24.1. The number of anilines is 1. The smallest absolute Gasteiger partial charge is 0.349 e. The molecule has 1 aromatic heterocycles. The van der Waals surface area contributed by atoms with Crippen LogP contribution < -0.4 is 14.2 Å². The van der Waals surface area contributed by atoms with Crippen LogP contribution in [-0.2, 0) is 26.2 Å². The fraction of sp³-hybridized carbons (Fsp3) is 0.375. The standard InChI is InChI=1S/C24H30N2O6S/c1-5-30-23(27)24(2,3)31-20-9-7-19(8-10-20)25-14-6-15-26-16-13-18-17-21(11-12-22(18)26)32-33(4,28)29/h7-13,16-17,25H,5-6,14-15H2,1-4H3. The van der Waals surface area contributed by atoms with Gasteiger partial charge in [-0.1, -0.05) is 0 Å². The van der Waals surface area contributed by atoms with E-state index in [0.29, 0.717) is 18.1 Å². The molecule has 1 heterocycles. The summed E-state index contributed by atoms with van der Waals surface area (Å²) in [4.78, 5) is 12.0. The van der Waals surface area contributed by atoms with Crippen molar-refractivity contribution in [2.45, 2.75) is 39.3 Å². The fourth-order valence-corrected chi connectivity index (χ4v) is 3.82. The van der Waals surface area contributed by atoms with E-state index in [1.807, 2.05) is 42.6 Å². The van der Waals surface area contributed by atoms with Crippen LogP contribution in [0.3, 0.4) is 0 Å². The number of aryl methyl sites for hydroxylation is 1. The predicted molar refractivity (Wildman–Crippen MR) is 128 cm³/mol. The van der Waals surface area contributed by atoms with Gasteiger partial charge in [-0.2, -0.15) is 8.42 Å². The zero-order valence-electron chi connectivity index (χ0n) is 19.3. The molecule has 0 fully saturated rings. The largest absolute Gasteiger partial charge is 0.476 e. The van der Waals surface area contributed by atoms with Crippen LogP contribution in [-0.4, -0.2) is 44.0 Å². The SMILES string of the molecule is CCOC(=O)C(C)(C)Oc1ccc(NCCCn2ccc3cc(OS(C)(=O)=O)ccc32)cc1. The second kappa shape index (κ2) is 10.2. The maximum absolute atomic E-state index is 12.0. The normalized spacial score (nSPS) is 11.9. The summed E-state index contributed by atoms with van der Waals surface area (Å²) in [6.07, 6.45) is 3.89. The van der Waals surface area contributed by atoms with Crippen LogP contribution in [0.4, 0.5) is 5.69 Å². The number of nitrogens with zero attached hydrogens (tertiary/aromatic N) is 1. The minimum absolute atomic E-state index is 0.308. The van der Waals surface area contributed by atoms with Crippen molar-refractivity contribution in [3.05, 3.63) is 54.7 Å². The number of aromatic nitrogens is 1. The number of fused-ring (bicyclic) bond motifs is 1. The lowest BCUT2D eigenvalue weighted by atomic mass is 10.1. The van der Waals surface area contributed by atoms with Crippen molar-refractivity contribution in [1.29, 1.82) is 0 Å². The van der Waals surface area contributed by atoms with Gasteiger partial charge in [-0.15, -0.1) is 0 Å². The molecule has 0 aliphatic rings. The van der Waals surface area contributed by atoms with E-state index in [2.05, 4.69) is 9.88 Å². The van der Waals surface area contributed by atoms with Gasteiger partial charge in [0.05, 0.1) is 12.9 Å². The molecule has 0 saturated carbocycles. The van der Waals surface area contributed by atoms with Crippen molar-refractivity contribution in [3.8, 4) is 11.5 Å². The van der Waals surface area contributed by atoms with Crippen molar-refractivity contribution in [3.63, 3.8) is 0 Å². The maximum atomic E-state index is 12.0.